The van der Waals surface area contributed by atoms with Crippen LogP contribution in [-0.2, 0) is 20.8 Å². The number of amides is 3. The Bertz CT molecular complexity index is 543. The molecule has 0 aromatic heterocycles. The molecule has 3 amide bonds. The fourth-order valence-electron chi connectivity index (χ4n) is 2.66. The zero-order chi connectivity index (χ0) is 16.7. The van der Waals surface area contributed by atoms with E-state index in [0.717, 1.165) is 12.0 Å². The highest BCUT2D eigenvalue weighted by Crippen LogP contribution is 2.12. The van der Waals surface area contributed by atoms with Crippen LogP contribution in [0.4, 0.5) is 0 Å². The molecule has 1 aromatic rings. The Hall–Kier alpha value is -2.21. The molecule has 0 bridgehead atoms. The highest BCUT2D eigenvalue weighted by molar-refractivity contribution is 6.02. The smallest absolute Gasteiger partial charge is 0.229 e. The van der Waals surface area contributed by atoms with Crippen molar-refractivity contribution in [1.29, 1.82) is 0 Å². The van der Waals surface area contributed by atoms with E-state index in [0.29, 0.717) is 19.6 Å². The number of carbonyl (C=O) groups excluding carboxylic acids is 3. The van der Waals surface area contributed by atoms with Crippen LogP contribution in [-0.4, -0.2) is 53.7 Å². The summed E-state index contributed by atoms with van der Waals surface area (Å²) in [6, 6.07) is 9.93. The van der Waals surface area contributed by atoms with Crippen LogP contribution in [0.2, 0.25) is 0 Å². The van der Waals surface area contributed by atoms with Crippen molar-refractivity contribution in [3.05, 3.63) is 35.9 Å². The maximum atomic E-state index is 12.3. The van der Waals surface area contributed by atoms with Gasteiger partial charge in [0.1, 0.15) is 0 Å². The largest absolute Gasteiger partial charge is 0.341 e. The van der Waals surface area contributed by atoms with Gasteiger partial charge in [-0.1, -0.05) is 30.3 Å². The van der Waals surface area contributed by atoms with E-state index in [-0.39, 0.29) is 43.5 Å². The maximum Gasteiger partial charge on any atom is 0.229 e. The van der Waals surface area contributed by atoms with Gasteiger partial charge in [0.15, 0.2) is 0 Å². The van der Waals surface area contributed by atoms with Crippen molar-refractivity contribution in [1.82, 2.24) is 9.80 Å². The molecule has 1 aliphatic rings. The first-order valence-electron chi connectivity index (χ1n) is 7.97. The van der Waals surface area contributed by atoms with Crippen LogP contribution in [0.3, 0.4) is 0 Å². The standard InChI is InChI=1S/C17H23N3O3/c18-10-13-19(11-8-14-4-2-1-3-5-14)15(21)9-12-20-16(22)6-7-17(20)23/h1-5H,6-13,18H2. The Morgan fingerprint density at radius 3 is 2.35 bits per heavy atom. The summed E-state index contributed by atoms with van der Waals surface area (Å²) in [5, 5.41) is 0. The van der Waals surface area contributed by atoms with Gasteiger partial charge >= 0.3 is 0 Å². The van der Waals surface area contributed by atoms with Crippen molar-refractivity contribution >= 4 is 17.7 Å². The van der Waals surface area contributed by atoms with Gasteiger partial charge in [-0.15, -0.1) is 0 Å². The lowest BCUT2D eigenvalue weighted by molar-refractivity contribution is -0.139. The average Bonchev–Trinajstić information content (AvgIpc) is 2.88. The van der Waals surface area contributed by atoms with Crippen LogP contribution in [0.25, 0.3) is 0 Å². The fourth-order valence-corrected chi connectivity index (χ4v) is 2.66. The lowest BCUT2D eigenvalue weighted by Crippen LogP contribution is -2.39. The summed E-state index contributed by atoms with van der Waals surface area (Å²) in [6.07, 6.45) is 1.43. The van der Waals surface area contributed by atoms with Crippen molar-refractivity contribution in [3.63, 3.8) is 0 Å². The van der Waals surface area contributed by atoms with Crippen molar-refractivity contribution in [3.8, 4) is 0 Å². The average molecular weight is 317 g/mol. The lowest BCUT2D eigenvalue weighted by Gasteiger charge is -2.23. The quantitative estimate of drug-likeness (QED) is 0.710. The minimum absolute atomic E-state index is 0.0705. The minimum atomic E-state index is -0.183. The molecule has 6 nitrogen and oxygen atoms in total. The molecule has 0 unspecified atom stereocenters. The summed E-state index contributed by atoms with van der Waals surface area (Å²) in [4.78, 5) is 38.4. The van der Waals surface area contributed by atoms with Crippen molar-refractivity contribution in [2.45, 2.75) is 25.7 Å². The molecule has 1 aromatic carbocycles. The van der Waals surface area contributed by atoms with Gasteiger partial charge < -0.3 is 10.6 Å². The van der Waals surface area contributed by atoms with Gasteiger partial charge in [-0.05, 0) is 12.0 Å². The Morgan fingerprint density at radius 2 is 1.74 bits per heavy atom. The first-order valence-corrected chi connectivity index (χ1v) is 7.97. The summed E-state index contributed by atoms with van der Waals surface area (Å²) in [6.45, 7) is 1.63. The van der Waals surface area contributed by atoms with E-state index in [1.165, 1.54) is 4.90 Å². The first-order chi connectivity index (χ1) is 11.1. The van der Waals surface area contributed by atoms with Crippen LogP contribution in [0.5, 0.6) is 0 Å². The molecular formula is C17H23N3O3. The Kier molecular flexibility index (Phi) is 6.29. The van der Waals surface area contributed by atoms with Crippen LogP contribution in [0.15, 0.2) is 30.3 Å². The molecule has 1 fully saturated rings. The number of carbonyl (C=O) groups is 3. The summed E-state index contributed by atoms with van der Waals surface area (Å²) in [7, 11) is 0. The number of rotatable bonds is 8. The molecule has 23 heavy (non-hydrogen) atoms. The summed E-state index contributed by atoms with van der Waals surface area (Å²) in [5.41, 5.74) is 6.75. The second kappa shape index (κ2) is 8.43. The van der Waals surface area contributed by atoms with E-state index in [9.17, 15) is 14.4 Å². The maximum absolute atomic E-state index is 12.3. The van der Waals surface area contributed by atoms with Crippen molar-refractivity contribution in [2.24, 2.45) is 5.73 Å². The Balaban J connectivity index is 1.85. The zero-order valence-corrected chi connectivity index (χ0v) is 13.2. The number of hydrogen-bond acceptors (Lipinski definition) is 4. The second-order valence-corrected chi connectivity index (χ2v) is 5.59. The minimum Gasteiger partial charge on any atom is -0.341 e. The van der Waals surface area contributed by atoms with Gasteiger partial charge in [-0.3, -0.25) is 19.3 Å². The van der Waals surface area contributed by atoms with Gasteiger partial charge in [0, 0.05) is 45.4 Å². The van der Waals surface area contributed by atoms with Gasteiger partial charge in [0.25, 0.3) is 0 Å². The molecular weight excluding hydrogens is 294 g/mol. The van der Waals surface area contributed by atoms with Crippen LogP contribution < -0.4 is 5.73 Å². The van der Waals surface area contributed by atoms with Crippen LogP contribution in [0.1, 0.15) is 24.8 Å². The normalized spacial score (nSPS) is 14.4. The molecule has 0 spiro atoms. The number of likely N-dealkylation sites (tertiary alicyclic amines) is 1. The highest BCUT2D eigenvalue weighted by atomic mass is 16.2. The molecule has 0 saturated carbocycles. The molecule has 6 heteroatoms. The molecule has 1 saturated heterocycles. The third kappa shape index (κ3) is 4.89. The van der Waals surface area contributed by atoms with E-state index in [1.807, 2.05) is 30.3 Å². The molecule has 124 valence electrons. The molecule has 1 heterocycles. The molecule has 1 aliphatic heterocycles. The van der Waals surface area contributed by atoms with Crippen LogP contribution in [0, 0.1) is 0 Å². The fraction of sp³-hybridized carbons (Fsp3) is 0.471. The Morgan fingerprint density at radius 1 is 1.09 bits per heavy atom. The van der Waals surface area contributed by atoms with E-state index >= 15 is 0 Å². The summed E-state index contributed by atoms with van der Waals surface area (Å²) in [5.74, 6) is -0.436. The predicted molar refractivity (Wildman–Crippen MR) is 86.4 cm³/mol. The van der Waals surface area contributed by atoms with E-state index in [1.54, 1.807) is 4.90 Å². The number of nitrogens with two attached hydrogens (primary N) is 1. The SMILES string of the molecule is NCCN(CCc1ccccc1)C(=O)CCN1C(=O)CCC1=O. The monoisotopic (exact) mass is 317 g/mol. The van der Waals surface area contributed by atoms with Crippen LogP contribution >= 0.6 is 0 Å². The Labute approximate surface area is 136 Å². The second-order valence-electron chi connectivity index (χ2n) is 5.59. The number of hydrogen-bond donors (Lipinski definition) is 1. The number of benzene rings is 1. The third-order valence-corrected chi connectivity index (χ3v) is 3.97. The third-order valence-electron chi connectivity index (χ3n) is 3.97. The predicted octanol–water partition coefficient (Wildman–Crippen LogP) is 0.555. The summed E-state index contributed by atoms with van der Waals surface area (Å²) < 4.78 is 0. The highest BCUT2D eigenvalue weighted by Gasteiger charge is 2.29. The molecule has 2 N–H and O–H groups in total. The van der Waals surface area contributed by atoms with E-state index in [2.05, 4.69) is 0 Å². The van der Waals surface area contributed by atoms with Crippen molar-refractivity contribution in [2.75, 3.05) is 26.2 Å². The number of nitrogens with zero attached hydrogens (tertiary/aromatic N) is 2. The zero-order valence-electron chi connectivity index (χ0n) is 13.2. The molecule has 0 radical (unpaired) electrons. The lowest BCUT2D eigenvalue weighted by atomic mass is 10.1. The molecule has 0 aliphatic carbocycles. The van der Waals surface area contributed by atoms with E-state index < -0.39 is 0 Å². The first kappa shape index (κ1) is 17.1. The molecule has 0 atom stereocenters. The van der Waals surface area contributed by atoms with Gasteiger partial charge in [-0.25, -0.2) is 0 Å². The summed E-state index contributed by atoms with van der Waals surface area (Å²) >= 11 is 0. The molecule has 2 rings (SSSR count). The van der Waals surface area contributed by atoms with E-state index in [4.69, 9.17) is 5.73 Å². The van der Waals surface area contributed by atoms with Crippen molar-refractivity contribution < 1.29 is 14.4 Å². The van der Waals surface area contributed by atoms with Gasteiger partial charge in [-0.2, -0.15) is 0 Å². The number of imide groups is 1. The van der Waals surface area contributed by atoms with Gasteiger partial charge in [0.2, 0.25) is 17.7 Å². The van der Waals surface area contributed by atoms with Gasteiger partial charge in [0.05, 0.1) is 0 Å². The topological polar surface area (TPSA) is 83.7 Å².